The fourth-order valence-electron chi connectivity index (χ4n) is 9.21. The standard InChI is InChI=1S/C30H44F3N3O3/c1-19(35-39-27(38)36(17-14-31)16-10-26-30(32,33)13-15-34-26)23-6-7-24-22-5-4-20-18-21(37)8-11-28(20,2)25(22)9-12-29(23,24)3/h18,22-26,34H,4-17H2,1-3H3/b35-19+/t22-,23+,24-,25-,26?,28-,29+/m0/s1. The van der Waals surface area contributed by atoms with Crippen LogP contribution in [0.4, 0.5) is 18.0 Å². The number of oxime groups is 1. The van der Waals surface area contributed by atoms with Gasteiger partial charge in [-0.2, -0.15) is 0 Å². The van der Waals surface area contributed by atoms with Crippen molar-refractivity contribution in [2.45, 2.75) is 96.9 Å². The van der Waals surface area contributed by atoms with Crippen molar-refractivity contribution in [3.8, 4) is 0 Å². The van der Waals surface area contributed by atoms with Gasteiger partial charge in [-0.15, -0.1) is 0 Å². The molecular formula is C30H44F3N3O3. The summed E-state index contributed by atoms with van der Waals surface area (Å²) in [4.78, 5) is 31.3. The first kappa shape index (κ1) is 28.6. The predicted octanol–water partition coefficient (Wildman–Crippen LogP) is 6.31. The van der Waals surface area contributed by atoms with Crippen molar-refractivity contribution in [3.63, 3.8) is 0 Å². The lowest BCUT2D eigenvalue weighted by atomic mass is 9.46. The van der Waals surface area contributed by atoms with E-state index >= 15 is 0 Å². The van der Waals surface area contributed by atoms with Crippen LogP contribution in [0, 0.1) is 34.5 Å². The van der Waals surface area contributed by atoms with Gasteiger partial charge in [0.2, 0.25) is 0 Å². The van der Waals surface area contributed by atoms with E-state index in [0.717, 1.165) is 55.6 Å². The molecule has 9 heteroatoms. The number of amides is 1. The first-order valence-corrected chi connectivity index (χ1v) is 14.9. The first-order valence-electron chi connectivity index (χ1n) is 14.9. The molecule has 0 aromatic rings. The van der Waals surface area contributed by atoms with Crippen LogP contribution in [0.2, 0.25) is 0 Å². The molecule has 3 saturated carbocycles. The molecule has 0 aromatic carbocycles. The fraction of sp³-hybridized carbons (Fsp3) is 0.833. The second-order valence-electron chi connectivity index (χ2n) is 13.2. The van der Waals surface area contributed by atoms with Gasteiger partial charge in [0.15, 0.2) is 5.78 Å². The summed E-state index contributed by atoms with van der Waals surface area (Å²) in [5.41, 5.74) is 2.35. The van der Waals surface area contributed by atoms with Gasteiger partial charge in [0, 0.05) is 31.8 Å². The number of alkyl halides is 3. The van der Waals surface area contributed by atoms with Gasteiger partial charge < -0.3 is 10.2 Å². The van der Waals surface area contributed by atoms with Crippen molar-refractivity contribution in [1.29, 1.82) is 0 Å². The number of fused-ring (bicyclic) bond motifs is 5. The summed E-state index contributed by atoms with van der Waals surface area (Å²) in [5, 5.41) is 7.01. The van der Waals surface area contributed by atoms with Crippen LogP contribution >= 0.6 is 0 Å². The maximum absolute atomic E-state index is 14.0. The minimum absolute atomic E-state index is 0.0162. The molecule has 1 heterocycles. The third-order valence-electron chi connectivity index (χ3n) is 11.4. The number of ketones is 1. The van der Waals surface area contributed by atoms with Crippen LogP contribution < -0.4 is 5.32 Å². The van der Waals surface area contributed by atoms with E-state index in [-0.39, 0.29) is 55.0 Å². The van der Waals surface area contributed by atoms with E-state index in [0.29, 0.717) is 24.2 Å². The summed E-state index contributed by atoms with van der Waals surface area (Å²) in [7, 11) is 0. The van der Waals surface area contributed by atoms with Crippen LogP contribution in [0.15, 0.2) is 16.8 Å². The molecule has 6 nitrogen and oxygen atoms in total. The minimum Gasteiger partial charge on any atom is -0.308 e. The highest BCUT2D eigenvalue weighted by Gasteiger charge is 2.59. The SMILES string of the molecule is C/C(=N\OC(=O)N(CCF)CCC1NCCC1(F)F)[C@H]1CC[C@H]2[C@@H]3CCC4=CC(=O)CC[C@]4(C)[C@H]3CC[C@]12C. The highest BCUT2D eigenvalue weighted by molar-refractivity contribution is 5.91. The highest BCUT2D eigenvalue weighted by Crippen LogP contribution is 2.66. The number of halogens is 3. The Labute approximate surface area is 230 Å². The molecule has 0 radical (unpaired) electrons. The lowest BCUT2D eigenvalue weighted by Gasteiger charge is -2.58. The van der Waals surface area contributed by atoms with E-state index < -0.39 is 24.7 Å². The van der Waals surface area contributed by atoms with Gasteiger partial charge in [0.1, 0.15) is 6.67 Å². The van der Waals surface area contributed by atoms with Crippen LogP contribution in [-0.4, -0.2) is 60.8 Å². The number of hydrogen-bond donors (Lipinski definition) is 1. The summed E-state index contributed by atoms with van der Waals surface area (Å²) in [5.74, 6) is -0.542. The van der Waals surface area contributed by atoms with Gasteiger partial charge in [-0.1, -0.05) is 24.6 Å². The smallest absolute Gasteiger partial charge is 0.308 e. The van der Waals surface area contributed by atoms with Gasteiger partial charge in [0.05, 0.1) is 18.3 Å². The zero-order chi connectivity index (χ0) is 28.0. The Balaban J connectivity index is 1.23. The van der Waals surface area contributed by atoms with Crippen LogP contribution in [0.3, 0.4) is 0 Å². The quantitative estimate of drug-likeness (QED) is 0.229. The lowest BCUT2D eigenvalue weighted by molar-refractivity contribution is -0.117. The van der Waals surface area contributed by atoms with Crippen molar-refractivity contribution in [3.05, 3.63) is 11.6 Å². The average molecular weight is 552 g/mol. The molecule has 1 N–H and O–H groups in total. The zero-order valence-corrected chi connectivity index (χ0v) is 23.6. The number of nitrogens with one attached hydrogen (secondary N) is 1. The van der Waals surface area contributed by atoms with E-state index in [1.54, 1.807) is 0 Å². The molecular weight excluding hydrogens is 507 g/mol. The molecule has 5 rings (SSSR count). The fourth-order valence-corrected chi connectivity index (χ4v) is 9.21. The molecule has 39 heavy (non-hydrogen) atoms. The largest absolute Gasteiger partial charge is 0.436 e. The van der Waals surface area contributed by atoms with E-state index in [9.17, 15) is 22.8 Å². The number of allylic oxidation sites excluding steroid dienone is 1. The first-order chi connectivity index (χ1) is 18.5. The lowest BCUT2D eigenvalue weighted by Crippen LogP contribution is -2.51. The summed E-state index contributed by atoms with van der Waals surface area (Å²) in [6, 6.07) is -1.02. The number of rotatable bonds is 7. The maximum atomic E-state index is 14.0. The third kappa shape index (κ3) is 5.17. The zero-order valence-electron chi connectivity index (χ0n) is 23.6. The van der Waals surface area contributed by atoms with Gasteiger partial charge in [-0.25, -0.2) is 18.0 Å². The van der Waals surface area contributed by atoms with Crippen molar-refractivity contribution in [1.82, 2.24) is 10.2 Å². The molecule has 7 atom stereocenters. The molecule has 1 amide bonds. The molecule has 218 valence electrons. The Kier molecular flexibility index (Phi) is 7.94. The molecule has 4 aliphatic carbocycles. The molecule has 5 aliphatic rings. The molecule has 1 saturated heterocycles. The minimum atomic E-state index is -2.82. The number of nitrogens with zero attached hydrogens (tertiary/aromatic N) is 2. The van der Waals surface area contributed by atoms with Crippen LogP contribution in [-0.2, 0) is 9.63 Å². The molecule has 1 unspecified atom stereocenters. The Morgan fingerprint density at radius 2 is 1.90 bits per heavy atom. The van der Waals surface area contributed by atoms with E-state index in [1.165, 1.54) is 5.57 Å². The van der Waals surface area contributed by atoms with E-state index in [1.807, 2.05) is 13.0 Å². The number of carbonyl (C=O) groups is 2. The van der Waals surface area contributed by atoms with Crippen molar-refractivity contribution >= 4 is 17.6 Å². The maximum Gasteiger partial charge on any atom is 0.436 e. The van der Waals surface area contributed by atoms with Gasteiger partial charge >= 0.3 is 6.09 Å². The normalized spacial score (nSPS) is 39.4. The number of carbonyl (C=O) groups excluding carboxylic acids is 2. The second kappa shape index (κ2) is 10.8. The van der Waals surface area contributed by atoms with Crippen LogP contribution in [0.1, 0.15) is 85.0 Å². The van der Waals surface area contributed by atoms with Crippen LogP contribution in [0.5, 0.6) is 0 Å². The van der Waals surface area contributed by atoms with E-state index in [4.69, 9.17) is 4.84 Å². The predicted molar refractivity (Wildman–Crippen MR) is 143 cm³/mol. The molecule has 4 fully saturated rings. The Hall–Kier alpha value is -1.90. The summed E-state index contributed by atoms with van der Waals surface area (Å²) in [6.45, 7) is 5.90. The van der Waals surface area contributed by atoms with Gasteiger partial charge in [-0.3, -0.25) is 9.63 Å². The van der Waals surface area contributed by atoms with Gasteiger partial charge in [-0.05, 0) is 93.0 Å². The highest BCUT2D eigenvalue weighted by atomic mass is 19.3. The number of hydrogen-bond acceptors (Lipinski definition) is 5. The Morgan fingerprint density at radius 1 is 1.10 bits per heavy atom. The Bertz CT molecular complexity index is 1030. The molecule has 1 aliphatic heterocycles. The average Bonchev–Trinajstić information content (AvgIpc) is 3.43. The monoisotopic (exact) mass is 551 g/mol. The van der Waals surface area contributed by atoms with Crippen molar-refractivity contribution in [2.24, 2.45) is 39.7 Å². The van der Waals surface area contributed by atoms with Crippen molar-refractivity contribution < 1.29 is 27.6 Å². The van der Waals surface area contributed by atoms with E-state index in [2.05, 4.69) is 24.3 Å². The van der Waals surface area contributed by atoms with Crippen molar-refractivity contribution in [2.75, 3.05) is 26.3 Å². The molecule has 0 bridgehead atoms. The molecule has 0 aromatic heterocycles. The molecule has 0 spiro atoms. The summed E-state index contributed by atoms with van der Waals surface area (Å²) < 4.78 is 41.1. The van der Waals surface area contributed by atoms with Crippen LogP contribution in [0.25, 0.3) is 0 Å². The summed E-state index contributed by atoms with van der Waals surface area (Å²) >= 11 is 0. The van der Waals surface area contributed by atoms with Gasteiger partial charge in [0.25, 0.3) is 5.92 Å². The summed E-state index contributed by atoms with van der Waals surface area (Å²) in [6.07, 6.45) is 9.04. The second-order valence-corrected chi connectivity index (χ2v) is 13.2. The topological polar surface area (TPSA) is 71.0 Å². The Morgan fingerprint density at radius 3 is 2.62 bits per heavy atom. The third-order valence-corrected chi connectivity index (χ3v) is 11.4.